The van der Waals surface area contributed by atoms with Crippen LogP contribution in [0.3, 0.4) is 0 Å². The molecule has 1 saturated heterocycles. The van der Waals surface area contributed by atoms with Crippen LogP contribution in [0.4, 0.5) is 5.69 Å². The second kappa shape index (κ2) is 22.2. The number of carbonyl (C=O) groups excluding carboxylic acids is 3. The van der Waals surface area contributed by atoms with Crippen LogP contribution in [-0.4, -0.2) is 100 Å². The van der Waals surface area contributed by atoms with Crippen LogP contribution < -0.4 is 16.0 Å². The van der Waals surface area contributed by atoms with Crippen LogP contribution in [0, 0.1) is 11.3 Å². The van der Waals surface area contributed by atoms with E-state index in [1.165, 1.54) is 0 Å². The molecule has 1 fully saturated rings. The predicted octanol–water partition coefficient (Wildman–Crippen LogP) is 6.82. The summed E-state index contributed by atoms with van der Waals surface area (Å²) in [6, 6.07) is 5.70. The average molecular weight is 797 g/mol. The molecule has 1 aromatic carbocycles. The van der Waals surface area contributed by atoms with Crippen molar-refractivity contribution in [3.63, 3.8) is 0 Å². The van der Waals surface area contributed by atoms with E-state index < -0.39 is 41.5 Å². The van der Waals surface area contributed by atoms with E-state index in [1.54, 1.807) is 24.1 Å². The molecule has 56 heavy (non-hydrogen) atoms. The molecule has 6 atom stereocenters. The fourth-order valence-corrected chi connectivity index (χ4v) is 8.12. The number of piperidine rings is 1. The van der Waals surface area contributed by atoms with Crippen molar-refractivity contribution in [2.24, 2.45) is 11.3 Å². The van der Waals surface area contributed by atoms with Crippen LogP contribution >= 0.6 is 11.3 Å². The minimum Gasteiger partial charge on any atom is -0.481 e. The SMILES string of the molecule is C=C(C)[C@@H](C[C@@H](O)c1nc(C(=O)N[C@@H](Cc2ccc(NC)cc2)CC(C)(C)C(=O)O)cs1)N(CCCCCC)C(=O)[C@@H](NC(=O)[C@H]1CCCCN1C)[C@@H](C)CC. The molecule has 0 radical (unpaired) electrons. The number of aliphatic hydroxyl groups excluding tert-OH is 1. The Bertz CT molecular complexity index is 1600. The first-order chi connectivity index (χ1) is 26.5. The molecule has 2 aromatic rings. The summed E-state index contributed by atoms with van der Waals surface area (Å²) in [5, 5.41) is 32.7. The highest BCUT2D eigenvalue weighted by Gasteiger charge is 2.37. The minimum absolute atomic E-state index is 0.119. The lowest BCUT2D eigenvalue weighted by atomic mass is 9.84. The van der Waals surface area contributed by atoms with Crippen molar-refractivity contribution in [2.45, 2.75) is 142 Å². The average Bonchev–Trinajstić information content (AvgIpc) is 3.67. The van der Waals surface area contributed by atoms with Gasteiger partial charge in [0.25, 0.3) is 5.91 Å². The fourth-order valence-electron chi connectivity index (χ4n) is 7.33. The molecule has 0 spiro atoms. The van der Waals surface area contributed by atoms with Crippen molar-refractivity contribution in [1.29, 1.82) is 0 Å². The zero-order valence-electron chi connectivity index (χ0n) is 35.0. The second-order valence-corrected chi connectivity index (χ2v) is 17.2. The van der Waals surface area contributed by atoms with E-state index in [0.717, 1.165) is 74.1 Å². The molecule has 0 aliphatic carbocycles. The van der Waals surface area contributed by atoms with E-state index in [9.17, 15) is 29.4 Å². The van der Waals surface area contributed by atoms with Crippen LogP contribution in [0.2, 0.25) is 0 Å². The topological polar surface area (TPSA) is 164 Å². The zero-order chi connectivity index (χ0) is 41.6. The van der Waals surface area contributed by atoms with Gasteiger partial charge in [-0.25, -0.2) is 4.98 Å². The number of anilines is 1. The summed E-state index contributed by atoms with van der Waals surface area (Å²) in [5.41, 5.74) is 1.62. The van der Waals surface area contributed by atoms with Gasteiger partial charge in [-0.05, 0) is 90.1 Å². The largest absolute Gasteiger partial charge is 0.481 e. The van der Waals surface area contributed by atoms with E-state index in [-0.39, 0.29) is 42.3 Å². The summed E-state index contributed by atoms with van der Waals surface area (Å²) in [4.78, 5) is 62.3. The number of aromatic nitrogens is 1. The summed E-state index contributed by atoms with van der Waals surface area (Å²) in [6.45, 7) is 16.8. The number of likely N-dealkylation sites (N-methyl/N-ethyl adjacent to an activating group) is 1. The maximum Gasteiger partial charge on any atom is 0.309 e. The maximum atomic E-state index is 14.6. The molecule has 2 heterocycles. The first-order valence-electron chi connectivity index (χ1n) is 20.4. The second-order valence-electron chi connectivity index (χ2n) is 16.4. The fraction of sp³-hybridized carbons (Fsp3) is 0.651. The van der Waals surface area contributed by atoms with Gasteiger partial charge in [-0.1, -0.05) is 77.2 Å². The number of hydrogen-bond donors (Lipinski definition) is 5. The molecule has 1 aliphatic rings. The smallest absolute Gasteiger partial charge is 0.309 e. The van der Waals surface area contributed by atoms with Gasteiger partial charge < -0.3 is 31.1 Å². The van der Waals surface area contributed by atoms with Gasteiger partial charge >= 0.3 is 5.97 Å². The van der Waals surface area contributed by atoms with E-state index in [0.29, 0.717) is 30.0 Å². The number of benzene rings is 1. The van der Waals surface area contributed by atoms with Crippen LogP contribution in [-0.2, 0) is 20.8 Å². The molecular formula is C43H68N6O6S. The Morgan fingerprint density at radius 3 is 2.38 bits per heavy atom. The number of thiazole rings is 1. The lowest BCUT2D eigenvalue weighted by molar-refractivity contribution is -0.147. The van der Waals surface area contributed by atoms with Crippen molar-refractivity contribution in [2.75, 3.05) is 32.5 Å². The molecule has 3 rings (SSSR count). The van der Waals surface area contributed by atoms with Gasteiger partial charge in [0, 0.05) is 37.1 Å². The van der Waals surface area contributed by atoms with Crippen molar-refractivity contribution >= 4 is 40.7 Å². The van der Waals surface area contributed by atoms with E-state index >= 15 is 0 Å². The van der Waals surface area contributed by atoms with Crippen molar-refractivity contribution in [1.82, 2.24) is 25.4 Å². The summed E-state index contributed by atoms with van der Waals surface area (Å²) >= 11 is 1.16. The number of amides is 3. The number of aliphatic carboxylic acids is 1. The Kier molecular flexibility index (Phi) is 18.5. The third-order valence-electron chi connectivity index (χ3n) is 11.2. The molecule has 1 aliphatic heterocycles. The quantitative estimate of drug-likeness (QED) is 0.0600. The molecule has 1 aromatic heterocycles. The van der Waals surface area contributed by atoms with Crippen LogP contribution in [0.1, 0.15) is 133 Å². The molecule has 0 saturated carbocycles. The number of likely N-dealkylation sites (tertiary alicyclic amines) is 1. The first kappa shape index (κ1) is 46.6. The van der Waals surface area contributed by atoms with Crippen molar-refractivity contribution in [3.05, 3.63) is 58.1 Å². The Hall–Kier alpha value is -3.81. The van der Waals surface area contributed by atoms with Gasteiger partial charge in [-0.15, -0.1) is 11.3 Å². The van der Waals surface area contributed by atoms with E-state index in [1.807, 2.05) is 59.1 Å². The Labute approximate surface area is 338 Å². The summed E-state index contributed by atoms with van der Waals surface area (Å²) < 4.78 is 0. The molecule has 312 valence electrons. The monoisotopic (exact) mass is 796 g/mol. The number of carbonyl (C=O) groups is 4. The molecule has 0 unspecified atom stereocenters. The summed E-state index contributed by atoms with van der Waals surface area (Å²) in [7, 11) is 3.79. The highest BCUT2D eigenvalue weighted by molar-refractivity contribution is 7.09. The normalized spacial score (nSPS) is 17.6. The Morgan fingerprint density at radius 1 is 1.09 bits per heavy atom. The van der Waals surface area contributed by atoms with Gasteiger partial charge in [-0.3, -0.25) is 24.1 Å². The standard InChI is InChI=1S/C43H68N6O6S/c1-10-12-13-15-23-49(41(53)37(29(5)11-2)47-39(52)34-17-14-16-22-48(34)9)35(28(3)4)25-36(50)40-46-33(27-56-40)38(51)45-32(26-43(6,7)42(54)55)24-30-18-20-31(44-8)21-19-30/h18-21,27,29,32,34-37,44,50H,3,10-17,22-26H2,1-2,4-9H3,(H,45,51)(H,47,52)(H,54,55)/t29-,32-,34+,35+,36+,37-/m0/s1. The third kappa shape index (κ3) is 13.4. The van der Waals surface area contributed by atoms with E-state index in [2.05, 4.69) is 39.3 Å². The van der Waals surface area contributed by atoms with Gasteiger partial charge in [-0.2, -0.15) is 0 Å². The van der Waals surface area contributed by atoms with Crippen LogP contribution in [0.15, 0.2) is 41.8 Å². The number of nitrogens with zero attached hydrogens (tertiary/aromatic N) is 3. The molecule has 3 amide bonds. The Morgan fingerprint density at radius 2 is 1.79 bits per heavy atom. The number of aliphatic hydroxyl groups is 1. The highest BCUT2D eigenvalue weighted by Crippen LogP contribution is 2.30. The molecule has 12 nitrogen and oxygen atoms in total. The van der Waals surface area contributed by atoms with Crippen LogP contribution in [0.5, 0.6) is 0 Å². The number of carboxylic acids is 1. The number of carboxylic acid groups (broad SMARTS) is 1. The predicted molar refractivity (Wildman–Crippen MR) is 225 cm³/mol. The van der Waals surface area contributed by atoms with Gasteiger partial charge in [0.1, 0.15) is 22.8 Å². The number of nitrogens with one attached hydrogen (secondary N) is 3. The molecular weight excluding hydrogens is 729 g/mol. The Balaban J connectivity index is 1.84. The first-order valence-corrected chi connectivity index (χ1v) is 21.3. The molecule has 0 bridgehead atoms. The number of unbranched alkanes of at least 4 members (excludes halogenated alkanes) is 3. The van der Waals surface area contributed by atoms with E-state index in [4.69, 9.17) is 0 Å². The van der Waals surface area contributed by atoms with Crippen LogP contribution in [0.25, 0.3) is 0 Å². The minimum atomic E-state index is -1.10. The lowest BCUT2D eigenvalue weighted by Gasteiger charge is -2.38. The molecule has 5 N–H and O–H groups in total. The van der Waals surface area contributed by atoms with Crippen molar-refractivity contribution < 1.29 is 29.4 Å². The van der Waals surface area contributed by atoms with Gasteiger partial charge in [0.05, 0.1) is 17.5 Å². The van der Waals surface area contributed by atoms with Gasteiger partial charge in [0.2, 0.25) is 11.8 Å². The maximum absolute atomic E-state index is 14.6. The highest BCUT2D eigenvalue weighted by atomic mass is 32.1. The van der Waals surface area contributed by atoms with Gasteiger partial charge in [0.15, 0.2) is 0 Å². The zero-order valence-corrected chi connectivity index (χ0v) is 35.8. The number of hydrogen-bond acceptors (Lipinski definition) is 9. The summed E-state index contributed by atoms with van der Waals surface area (Å²) in [6.07, 6.45) is 6.88. The third-order valence-corrected chi connectivity index (χ3v) is 12.2. The van der Waals surface area contributed by atoms with Crippen molar-refractivity contribution in [3.8, 4) is 0 Å². The summed E-state index contributed by atoms with van der Waals surface area (Å²) in [5.74, 6) is -1.85. The lowest BCUT2D eigenvalue weighted by Crippen LogP contribution is -2.58. The molecule has 13 heteroatoms. The number of rotatable bonds is 23.